The van der Waals surface area contributed by atoms with Gasteiger partial charge in [0.25, 0.3) is 0 Å². The van der Waals surface area contributed by atoms with Crippen molar-refractivity contribution in [1.29, 1.82) is 0 Å². The van der Waals surface area contributed by atoms with Crippen LogP contribution in [0.4, 0.5) is 5.69 Å². The summed E-state index contributed by atoms with van der Waals surface area (Å²) in [5.74, 6) is -0.144. The molecule has 1 amide bonds. The maximum atomic E-state index is 12.5. The van der Waals surface area contributed by atoms with Crippen LogP contribution in [-0.2, 0) is 20.2 Å². The second-order valence-electron chi connectivity index (χ2n) is 8.61. The van der Waals surface area contributed by atoms with Crippen molar-refractivity contribution in [2.75, 3.05) is 18.1 Å². The van der Waals surface area contributed by atoms with Crippen molar-refractivity contribution >= 4 is 21.6 Å². The van der Waals surface area contributed by atoms with Gasteiger partial charge < -0.3 is 5.32 Å². The number of hydrogen-bond donors (Lipinski definition) is 1. The van der Waals surface area contributed by atoms with Crippen LogP contribution >= 0.6 is 0 Å². The molecule has 2 rings (SSSR count). The van der Waals surface area contributed by atoms with Gasteiger partial charge in [0, 0.05) is 24.7 Å². The lowest BCUT2D eigenvalue weighted by Crippen LogP contribution is -2.41. The summed E-state index contributed by atoms with van der Waals surface area (Å²) in [6.45, 7) is 6.56. The number of rotatable bonds is 6. The van der Waals surface area contributed by atoms with E-state index in [0.29, 0.717) is 0 Å². The van der Waals surface area contributed by atoms with Crippen LogP contribution in [0.5, 0.6) is 0 Å². The number of anilines is 1. The third-order valence-electron chi connectivity index (χ3n) is 5.23. The van der Waals surface area contributed by atoms with Gasteiger partial charge >= 0.3 is 0 Å². The molecule has 0 saturated heterocycles. The van der Waals surface area contributed by atoms with E-state index in [0.717, 1.165) is 49.8 Å². The number of nitrogens with one attached hydrogen (secondary N) is 1. The van der Waals surface area contributed by atoms with Crippen LogP contribution in [0.25, 0.3) is 0 Å². The fourth-order valence-electron chi connectivity index (χ4n) is 3.84. The zero-order chi connectivity index (χ0) is 20.1. The van der Waals surface area contributed by atoms with E-state index in [1.54, 1.807) is 4.31 Å². The predicted octanol–water partition coefficient (Wildman–Crippen LogP) is 4.30. The van der Waals surface area contributed by atoms with E-state index in [4.69, 9.17) is 0 Å². The lowest BCUT2D eigenvalue weighted by Gasteiger charge is -2.29. The standard InChI is InChI=1S/C21H34N2O3S/c1-21(2,3)18-13-9-10-14-19(18)22-20(24)15-16-23(27(4,25)26)17-11-7-5-6-8-12-17/h9-10,13-14,17H,5-8,11-12,15-16H2,1-4H3,(H,22,24). The minimum Gasteiger partial charge on any atom is -0.326 e. The van der Waals surface area contributed by atoms with Gasteiger partial charge in [0.1, 0.15) is 0 Å². The van der Waals surface area contributed by atoms with Gasteiger partial charge in [-0.2, -0.15) is 4.31 Å². The quantitative estimate of drug-likeness (QED) is 0.732. The minimum atomic E-state index is -3.33. The van der Waals surface area contributed by atoms with Crippen LogP contribution in [0, 0.1) is 0 Å². The number of sulfonamides is 1. The first kappa shape index (κ1) is 21.9. The van der Waals surface area contributed by atoms with Crippen molar-refractivity contribution in [3.63, 3.8) is 0 Å². The largest absolute Gasteiger partial charge is 0.326 e. The zero-order valence-corrected chi connectivity index (χ0v) is 17.9. The number of carbonyl (C=O) groups excluding carboxylic acids is 1. The summed E-state index contributed by atoms with van der Waals surface area (Å²) < 4.78 is 26.1. The van der Waals surface area contributed by atoms with Gasteiger partial charge in [-0.3, -0.25) is 4.79 Å². The summed E-state index contributed by atoms with van der Waals surface area (Å²) in [6.07, 6.45) is 7.65. The van der Waals surface area contributed by atoms with Gasteiger partial charge in [0.15, 0.2) is 0 Å². The number of hydrogen-bond acceptors (Lipinski definition) is 3. The second kappa shape index (κ2) is 9.20. The predicted molar refractivity (Wildman–Crippen MR) is 111 cm³/mol. The van der Waals surface area contributed by atoms with E-state index < -0.39 is 10.0 Å². The number of benzene rings is 1. The minimum absolute atomic E-state index is 0.0251. The fourth-order valence-corrected chi connectivity index (χ4v) is 5.01. The molecule has 1 fully saturated rings. The third-order valence-corrected chi connectivity index (χ3v) is 6.56. The molecule has 152 valence electrons. The highest BCUT2D eigenvalue weighted by molar-refractivity contribution is 7.88. The van der Waals surface area contributed by atoms with Gasteiger partial charge in [0.2, 0.25) is 15.9 Å². The average molecular weight is 395 g/mol. The van der Waals surface area contributed by atoms with Gasteiger partial charge in [-0.25, -0.2) is 8.42 Å². The molecule has 0 unspecified atom stereocenters. The third kappa shape index (κ3) is 6.61. The molecular weight excluding hydrogens is 360 g/mol. The van der Waals surface area contributed by atoms with Crippen LogP contribution in [-0.4, -0.2) is 37.5 Å². The molecule has 0 bridgehead atoms. The van der Waals surface area contributed by atoms with E-state index in [1.165, 1.54) is 6.26 Å². The lowest BCUT2D eigenvalue weighted by atomic mass is 9.86. The highest BCUT2D eigenvalue weighted by Gasteiger charge is 2.28. The Balaban J connectivity index is 2.04. The molecule has 0 spiro atoms. The van der Waals surface area contributed by atoms with E-state index >= 15 is 0 Å². The van der Waals surface area contributed by atoms with Crippen molar-refractivity contribution in [2.45, 2.75) is 77.2 Å². The Kier molecular flexibility index (Phi) is 7.46. The van der Waals surface area contributed by atoms with Gasteiger partial charge in [0.05, 0.1) is 6.26 Å². The van der Waals surface area contributed by atoms with Crippen molar-refractivity contribution in [3.8, 4) is 0 Å². The molecule has 1 aliphatic rings. The average Bonchev–Trinajstić information content (AvgIpc) is 2.82. The van der Waals surface area contributed by atoms with Crippen molar-refractivity contribution in [2.24, 2.45) is 0 Å². The van der Waals surface area contributed by atoms with Crippen LogP contribution < -0.4 is 5.32 Å². The Morgan fingerprint density at radius 1 is 1.11 bits per heavy atom. The van der Waals surface area contributed by atoms with Gasteiger partial charge in [-0.15, -0.1) is 0 Å². The number of nitrogens with zero attached hydrogens (tertiary/aromatic N) is 1. The molecule has 0 radical (unpaired) electrons. The summed E-state index contributed by atoms with van der Waals surface area (Å²) in [5.41, 5.74) is 1.79. The van der Waals surface area contributed by atoms with Crippen molar-refractivity contribution < 1.29 is 13.2 Å². The lowest BCUT2D eigenvalue weighted by molar-refractivity contribution is -0.116. The van der Waals surface area contributed by atoms with Crippen LogP contribution in [0.1, 0.15) is 71.3 Å². The monoisotopic (exact) mass is 394 g/mol. The molecule has 0 atom stereocenters. The summed E-state index contributed by atoms with van der Waals surface area (Å²) in [5, 5.41) is 2.98. The first-order valence-electron chi connectivity index (χ1n) is 9.95. The number of carbonyl (C=O) groups is 1. The van der Waals surface area contributed by atoms with E-state index in [1.807, 2.05) is 24.3 Å². The zero-order valence-electron chi connectivity index (χ0n) is 17.1. The summed E-state index contributed by atoms with van der Waals surface area (Å²) in [6, 6.07) is 7.81. The smallest absolute Gasteiger partial charge is 0.225 e. The molecule has 0 heterocycles. The molecule has 1 aromatic carbocycles. The van der Waals surface area contributed by atoms with E-state index in [-0.39, 0.29) is 30.3 Å². The summed E-state index contributed by atoms with van der Waals surface area (Å²) >= 11 is 0. The number of para-hydroxylation sites is 1. The Bertz CT molecular complexity index is 730. The second-order valence-corrected chi connectivity index (χ2v) is 10.5. The Morgan fingerprint density at radius 2 is 1.70 bits per heavy atom. The Morgan fingerprint density at radius 3 is 2.26 bits per heavy atom. The van der Waals surface area contributed by atoms with Crippen molar-refractivity contribution in [1.82, 2.24) is 4.31 Å². The molecule has 1 aromatic rings. The first-order chi connectivity index (χ1) is 12.6. The molecular formula is C21H34N2O3S. The van der Waals surface area contributed by atoms with Gasteiger partial charge in [-0.1, -0.05) is 64.7 Å². The molecule has 6 heteroatoms. The highest BCUT2D eigenvalue weighted by atomic mass is 32.2. The molecule has 27 heavy (non-hydrogen) atoms. The first-order valence-corrected chi connectivity index (χ1v) is 11.8. The topological polar surface area (TPSA) is 66.5 Å². The SMILES string of the molecule is CC(C)(C)c1ccccc1NC(=O)CCN(C1CCCCCC1)S(C)(=O)=O. The molecule has 0 aliphatic heterocycles. The van der Waals surface area contributed by atoms with Crippen molar-refractivity contribution in [3.05, 3.63) is 29.8 Å². The van der Waals surface area contributed by atoms with E-state index in [9.17, 15) is 13.2 Å². The maximum Gasteiger partial charge on any atom is 0.225 e. The number of amides is 1. The summed E-state index contributed by atoms with van der Waals surface area (Å²) in [4.78, 5) is 12.5. The molecule has 1 aliphatic carbocycles. The Hall–Kier alpha value is -1.40. The maximum absolute atomic E-state index is 12.5. The molecule has 1 N–H and O–H groups in total. The molecule has 1 saturated carbocycles. The van der Waals surface area contributed by atoms with Crippen LogP contribution in [0.3, 0.4) is 0 Å². The Labute approximate surface area is 164 Å². The summed E-state index contributed by atoms with van der Waals surface area (Å²) in [7, 11) is -3.33. The normalized spacial score (nSPS) is 16.9. The highest BCUT2D eigenvalue weighted by Crippen LogP contribution is 2.29. The van der Waals surface area contributed by atoms with Gasteiger partial charge in [-0.05, 0) is 29.9 Å². The molecule has 5 nitrogen and oxygen atoms in total. The molecule has 0 aromatic heterocycles. The van der Waals surface area contributed by atoms with Crippen LogP contribution in [0.2, 0.25) is 0 Å². The van der Waals surface area contributed by atoms with E-state index in [2.05, 4.69) is 26.1 Å². The fraction of sp³-hybridized carbons (Fsp3) is 0.667. The van der Waals surface area contributed by atoms with Crippen LogP contribution in [0.15, 0.2) is 24.3 Å².